The molecule has 0 bridgehead atoms. The zero-order chi connectivity index (χ0) is 26.2. The molecule has 1 heterocycles. The third-order valence-corrected chi connectivity index (χ3v) is 6.71. The Kier molecular flexibility index (Phi) is 6.77. The van der Waals surface area contributed by atoms with Crippen LogP contribution in [0.1, 0.15) is 61.6 Å². The van der Waals surface area contributed by atoms with Crippen LogP contribution in [0.15, 0.2) is 72.3 Å². The number of benzene rings is 3. The van der Waals surface area contributed by atoms with Gasteiger partial charge in [0, 0.05) is 11.3 Å². The molecular formula is C31H33NO4. The van der Waals surface area contributed by atoms with E-state index in [4.69, 9.17) is 4.74 Å². The van der Waals surface area contributed by atoms with E-state index in [-0.39, 0.29) is 16.7 Å². The average Bonchev–Trinajstić information content (AvgIpc) is 3.09. The summed E-state index contributed by atoms with van der Waals surface area (Å²) in [7, 11) is 0. The van der Waals surface area contributed by atoms with Crippen LogP contribution in [-0.2, 0) is 15.0 Å². The molecule has 4 rings (SSSR count). The summed E-state index contributed by atoms with van der Waals surface area (Å²) >= 11 is 0. The third-order valence-electron chi connectivity index (χ3n) is 6.71. The largest absolute Gasteiger partial charge is 0.507 e. The number of hydrogen-bond donors (Lipinski definition) is 1. The van der Waals surface area contributed by atoms with Gasteiger partial charge in [-0.25, -0.2) is 0 Å². The number of ketones is 1. The van der Waals surface area contributed by atoms with Crippen LogP contribution in [-0.4, -0.2) is 23.4 Å². The summed E-state index contributed by atoms with van der Waals surface area (Å²) in [4.78, 5) is 28.5. The summed E-state index contributed by atoms with van der Waals surface area (Å²) in [6, 6.07) is 19.9. The van der Waals surface area contributed by atoms with E-state index in [0.717, 1.165) is 22.3 Å². The van der Waals surface area contributed by atoms with Crippen molar-refractivity contribution >= 4 is 23.1 Å². The summed E-state index contributed by atoms with van der Waals surface area (Å²) in [5, 5.41) is 11.6. The first-order valence-corrected chi connectivity index (χ1v) is 12.3. The van der Waals surface area contributed by atoms with Gasteiger partial charge in [-0.1, -0.05) is 57.2 Å². The van der Waals surface area contributed by atoms with E-state index < -0.39 is 17.7 Å². The molecule has 1 aliphatic rings. The number of rotatable bonds is 5. The summed E-state index contributed by atoms with van der Waals surface area (Å²) in [5.41, 5.74) is 4.64. The van der Waals surface area contributed by atoms with Crippen LogP contribution < -0.4 is 9.64 Å². The van der Waals surface area contributed by atoms with Gasteiger partial charge in [-0.15, -0.1) is 0 Å². The van der Waals surface area contributed by atoms with Crippen molar-refractivity contribution in [3.63, 3.8) is 0 Å². The van der Waals surface area contributed by atoms with Crippen molar-refractivity contribution in [2.75, 3.05) is 11.5 Å². The molecule has 1 N–H and O–H groups in total. The quantitative estimate of drug-likeness (QED) is 0.251. The van der Waals surface area contributed by atoms with Gasteiger partial charge in [0.25, 0.3) is 11.7 Å². The second kappa shape index (κ2) is 9.65. The Bertz CT molecular complexity index is 1350. The molecule has 1 aliphatic heterocycles. The molecule has 0 radical (unpaired) electrons. The van der Waals surface area contributed by atoms with Crippen LogP contribution in [0.4, 0.5) is 5.69 Å². The number of hydrogen-bond acceptors (Lipinski definition) is 4. The van der Waals surface area contributed by atoms with Gasteiger partial charge >= 0.3 is 0 Å². The molecule has 5 nitrogen and oxygen atoms in total. The van der Waals surface area contributed by atoms with E-state index in [9.17, 15) is 14.7 Å². The Morgan fingerprint density at radius 2 is 1.61 bits per heavy atom. The number of anilines is 1. The molecule has 1 fully saturated rings. The number of aryl methyl sites for hydroxylation is 2. The number of carbonyl (C=O) groups excluding carboxylic acids is 2. The number of aliphatic hydroxyl groups is 1. The molecule has 1 unspecified atom stereocenters. The molecule has 3 aromatic carbocycles. The van der Waals surface area contributed by atoms with Crippen LogP contribution in [0, 0.1) is 13.8 Å². The fourth-order valence-corrected chi connectivity index (χ4v) is 4.65. The second-order valence-electron chi connectivity index (χ2n) is 10.2. The van der Waals surface area contributed by atoms with Crippen LogP contribution in [0.2, 0.25) is 0 Å². The summed E-state index contributed by atoms with van der Waals surface area (Å²) < 4.78 is 5.55. The topological polar surface area (TPSA) is 66.8 Å². The smallest absolute Gasteiger partial charge is 0.300 e. The SMILES string of the molecule is CCOc1ccc(N2C(=O)C(=O)/C(=C(/O)c3cc(C(C)(C)C)ccc3C)C2c2ccccc2C)cc1. The zero-order valence-electron chi connectivity index (χ0n) is 21.8. The maximum atomic E-state index is 13.5. The average molecular weight is 484 g/mol. The highest BCUT2D eigenvalue weighted by molar-refractivity contribution is 6.51. The van der Waals surface area contributed by atoms with Crippen molar-refractivity contribution < 1.29 is 19.4 Å². The van der Waals surface area contributed by atoms with Crippen molar-refractivity contribution in [3.8, 4) is 5.75 Å². The molecule has 1 atom stereocenters. The molecular weight excluding hydrogens is 450 g/mol. The molecule has 1 saturated heterocycles. The normalized spacial score (nSPS) is 17.5. The lowest BCUT2D eigenvalue weighted by Crippen LogP contribution is -2.29. The van der Waals surface area contributed by atoms with Crippen LogP contribution in [0.25, 0.3) is 5.76 Å². The van der Waals surface area contributed by atoms with Gasteiger partial charge in [0.2, 0.25) is 0 Å². The predicted molar refractivity (Wildman–Crippen MR) is 143 cm³/mol. The second-order valence-corrected chi connectivity index (χ2v) is 10.2. The van der Waals surface area contributed by atoms with Gasteiger partial charge in [-0.05, 0) is 78.8 Å². The van der Waals surface area contributed by atoms with Gasteiger partial charge in [-0.3, -0.25) is 14.5 Å². The molecule has 0 saturated carbocycles. The van der Waals surface area contributed by atoms with E-state index in [0.29, 0.717) is 23.6 Å². The highest BCUT2D eigenvalue weighted by Crippen LogP contribution is 2.44. The minimum Gasteiger partial charge on any atom is -0.507 e. The minimum absolute atomic E-state index is 0.0948. The van der Waals surface area contributed by atoms with Crippen molar-refractivity contribution in [3.05, 3.63) is 100 Å². The van der Waals surface area contributed by atoms with Crippen molar-refractivity contribution in [1.82, 2.24) is 0 Å². The lowest BCUT2D eigenvalue weighted by Gasteiger charge is -2.27. The molecule has 0 spiro atoms. The highest BCUT2D eigenvalue weighted by atomic mass is 16.5. The van der Waals surface area contributed by atoms with E-state index in [2.05, 4.69) is 20.8 Å². The van der Waals surface area contributed by atoms with Crippen LogP contribution in [0.3, 0.4) is 0 Å². The molecule has 186 valence electrons. The summed E-state index contributed by atoms with van der Waals surface area (Å²) in [6.45, 7) is 12.6. The third kappa shape index (κ3) is 4.53. The van der Waals surface area contributed by atoms with Gasteiger partial charge < -0.3 is 9.84 Å². The molecule has 0 aliphatic carbocycles. The zero-order valence-corrected chi connectivity index (χ0v) is 21.8. The summed E-state index contributed by atoms with van der Waals surface area (Å²) in [6.07, 6.45) is 0. The van der Waals surface area contributed by atoms with E-state index >= 15 is 0 Å². The summed E-state index contributed by atoms with van der Waals surface area (Å²) in [5.74, 6) is -0.840. The number of carbonyl (C=O) groups is 2. The number of amides is 1. The van der Waals surface area contributed by atoms with E-state index in [1.54, 1.807) is 24.3 Å². The first kappa shape index (κ1) is 25.2. The number of Topliss-reactive ketones (excluding diaryl/α,β-unsaturated/α-hetero) is 1. The predicted octanol–water partition coefficient (Wildman–Crippen LogP) is 6.63. The van der Waals surface area contributed by atoms with Gasteiger partial charge in [0.1, 0.15) is 11.5 Å². The Labute approximate surface area is 213 Å². The lowest BCUT2D eigenvalue weighted by atomic mass is 9.84. The fourth-order valence-electron chi connectivity index (χ4n) is 4.65. The molecule has 5 heteroatoms. The number of nitrogens with zero attached hydrogens (tertiary/aromatic N) is 1. The fraction of sp³-hybridized carbons (Fsp3) is 0.290. The Morgan fingerprint density at radius 3 is 2.22 bits per heavy atom. The first-order valence-electron chi connectivity index (χ1n) is 12.3. The van der Waals surface area contributed by atoms with Gasteiger partial charge in [0.05, 0.1) is 18.2 Å². The molecule has 0 aromatic heterocycles. The number of ether oxygens (including phenoxy) is 1. The Hall–Kier alpha value is -3.86. The van der Waals surface area contributed by atoms with Crippen LogP contribution >= 0.6 is 0 Å². The van der Waals surface area contributed by atoms with E-state index in [1.165, 1.54) is 4.90 Å². The molecule has 36 heavy (non-hydrogen) atoms. The number of aliphatic hydroxyl groups excluding tert-OH is 1. The lowest BCUT2D eigenvalue weighted by molar-refractivity contribution is -0.132. The molecule has 3 aromatic rings. The highest BCUT2D eigenvalue weighted by Gasteiger charge is 2.47. The Morgan fingerprint density at radius 1 is 0.944 bits per heavy atom. The maximum Gasteiger partial charge on any atom is 0.300 e. The Balaban J connectivity index is 1.95. The van der Waals surface area contributed by atoms with E-state index in [1.807, 2.05) is 63.2 Å². The van der Waals surface area contributed by atoms with Crippen molar-refractivity contribution in [1.29, 1.82) is 0 Å². The van der Waals surface area contributed by atoms with Crippen molar-refractivity contribution in [2.45, 2.75) is 53.0 Å². The first-order chi connectivity index (χ1) is 17.0. The maximum absolute atomic E-state index is 13.5. The minimum atomic E-state index is -0.762. The van der Waals surface area contributed by atoms with Crippen LogP contribution in [0.5, 0.6) is 5.75 Å². The van der Waals surface area contributed by atoms with Gasteiger partial charge in [-0.2, -0.15) is 0 Å². The standard InChI is InChI=1S/C31H33NO4/c1-7-36-23-16-14-22(15-17-23)32-27(24-11-9-8-10-19(24)2)26(29(34)30(32)35)28(33)25-18-21(31(4,5)6)13-12-20(25)3/h8-18,27,33H,7H2,1-6H3/b28-26+. The molecule has 1 amide bonds. The van der Waals surface area contributed by atoms with Crippen molar-refractivity contribution in [2.24, 2.45) is 0 Å². The van der Waals surface area contributed by atoms with Gasteiger partial charge in [0.15, 0.2) is 0 Å². The monoisotopic (exact) mass is 483 g/mol.